The number of halogens is 4. The molecule has 0 aliphatic carbocycles. The summed E-state index contributed by atoms with van der Waals surface area (Å²) >= 11 is 23.6. The van der Waals surface area contributed by atoms with Gasteiger partial charge in [0, 0.05) is 10.6 Å². The second-order valence-corrected chi connectivity index (χ2v) is 4.97. The van der Waals surface area contributed by atoms with Gasteiger partial charge in [0.15, 0.2) is 0 Å². The van der Waals surface area contributed by atoms with Gasteiger partial charge in [-0.05, 0) is 6.07 Å². The van der Waals surface area contributed by atoms with Gasteiger partial charge in [0.2, 0.25) is 0 Å². The summed E-state index contributed by atoms with van der Waals surface area (Å²) in [7, 11) is 0. The molecule has 0 heterocycles. The van der Waals surface area contributed by atoms with Crippen LogP contribution in [0.3, 0.4) is 0 Å². The number of aliphatic carboxylic acids is 1. The molecule has 0 bridgehead atoms. The topological polar surface area (TPSA) is 72.5 Å². The molecule has 1 aromatic carbocycles. The number of hydrogen-bond acceptors (Lipinski definition) is 3. The van der Waals surface area contributed by atoms with E-state index in [0.29, 0.717) is 5.56 Å². The summed E-state index contributed by atoms with van der Waals surface area (Å²) in [5, 5.41) is 9.18. The van der Waals surface area contributed by atoms with Crippen molar-refractivity contribution in [2.24, 2.45) is 5.73 Å². The average Bonchev–Trinajstić information content (AvgIpc) is 2.25. The fraction of sp³-hybridized carbons (Fsp3) is 0.300. The monoisotopic (exact) mass is 331 g/mol. The highest BCUT2D eigenvalue weighted by atomic mass is 35.5. The fourth-order valence-corrected chi connectivity index (χ4v) is 2.48. The van der Waals surface area contributed by atoms with Gasteiger partial charge in [0.25, 0.3) is 0 Å². The standard InChI is InChI=1S/C10H9Cl4NO3/c11-4-1-5(12)9(13)10(14)8(4)6(15)2-18-3-7(16)17/h1,6H,2-3,15H2,(H,16,17). The molecule has 0 amide bonds. The Labute approximate surface area is 124 Å². The van der Waals surface area contributed by atoms with Crippen molar-refractivity contribution in [2.45, 2.75) is 6.04 Å². The first-order chi connectivity index (χ1) is 8.34. The van der Waals surface area contributed by atoms with Crippen molar-refractivity contribution in [1.29, 1.82) is 0 Å². The fourth-order valence-electron chi connectivity index (χ4n) is 1.28. The highest BCUT2D eigenvalue weighted by Crippen LogP contribution is 2.39. The van der Waals surface area contributed by atoms with Gasteiger partial charge in [0.05, 0.1) is 27.7 Å². The normalized spacial score (nSPS) is 12.5. The Morgan fingerprint density at radius 1 is 1.28 bits per heavy atom. The molecule has 1 aromatic rings. The van der Waals surface area contributed by atoms with Gasteiger partial charge in [-0.25, -0.2) is 4.79 Å². The van der Waals surface area contributed by atoms with E-state index in [1.807, 2.05) is 0 Å². The van der Waals surface area contributed by atoms with E-state index in [2.05, 4.69) is 0 Å². The minimum absolute atomic E-state index is 0.0519. The summed E-state index contributed by atoms with van der Waals surface area (Å²) in [5.74, 6) is -1.09. The molecule has 8 heteroatoms. The van der Waals surface area contributed by atoms with E-state index in [1.165, 1.54) is 6.07 Å². The third-order valence-electron chi connectivity index (χ3n) is 2.04. The van der Waals surface area contributed by atoms with Gasteiger partial charge >= 0.3 is 5.97 Å². The molecule has 1 rings (SSSR count). The molecule has 0 saturated heterocycles. The Morgan fingerprint density at radius 3 is 2.44 bits per heavy atom. The average molecular weight is 333 g/mol. The number of carbonyl (C=O) groups is 1. The Balaban J connectivity index is 2.89. The van der Waals surface area contributed by atoms with Crippen LogP contribution in [-0.4, -0.2) is 24.3 Å². The number of carboxylic acid groups (broad SMARTS) is 1. The van der Waals surface area contributed by atoms with E-state index in [1.54, 1.807) is 0 Å². The van der Waals surface area contributed by atoms with Crippen molar-refractivity contribution in [3.63, 3.8) is 0 Å². The molecule has 100 valence electrons. The summed E-state index contributed by atoms with van der Waals surface area (Å²) in [6.07, 6.45) is 0. The number of ether oxygens (including phenoxy) is 1. The minimum atomic E-state index is -1.09. The summed E-state index contributed by atoms with van der Waals surface area (Å²) in [6.45, 7) is -0.506. The highest BCUT2D eigenvalue weighted by Gasteiger charge is 2.19. The lowest BCUT2D eigenvalue weighted by atomic mass is 10.1. The van der Waals surface area contributed by atoms with Crippen molar-refractivity contribution in [1.82, 2.24) is 0 Å². The first kappa shape index (κ1) is 15.8. The predicted molar refractivity (Wildman–Crippen MR) is 71.9 cm³/mol. The van der Waals surface area contributed by atoms with Crippen molar-refractivity contribution < 1.29 is 14.6 Å². The summed E-state index contributed by atoms with van der Waals surface area (Å²) in [6, 6.07) is 0.725. The van der Waals surface area contributed by atoms with E-state index in [-0.39, 0.29) is 26.7 Å². The molecule has 0 spiro atoms. The highest BCUT2D eigenvalue weighted by molar-refractivity contribution is 6.49. The molecule has 0 fully saturated rings. The maximum Gasteiger partial charge on any atom is 0.329 e. The Kier molecular flexibility index (Phi) is 5.98. The Bertz CT molecular complexity index is 467. The molecule has 0 aliphatic heterocycles. The number of rotatable bonds is 5. The zero-order valence-electron chi connectivity index (χ0n) is 8.92. The zero-order chi connectivity index (χ0) is 13.9. The number of nitrogens with two attached hydrogens (primary N) is 1. The molecular weight excluding hydrogens is 324 g/mol. The van der Waals surface area contributed by atoms with E-state index >= 15 is 0 Å². The van der Waals surface area contributed by atoms with Crippen molar-refractivity contribution in [3.8, 4) is 0 Å². The van der Waals surface area contributed by atoms with Crippen LogP contribution >= 0.6 is 46.4 Å². The van der Waals surface area contributed by atoms with Crippen LogP contribution in [0.2, 0.25) is 20.1 Å². The van der Waals surface area contributed by atoms with Gasteiger partial charge in [-0.3, -0.25) is 0 Å². The van der Waals surface area contributed by atoms with Crippen LogP contribution in [0.15, 0.2) is 6.07 Å². The first-order valence-electron chi connectivity index (χ1n) is 4.72. The van der Waals surface area contributed by atoms with Gasteiger partial charge in [-0.1, -0.05) is 46.4 Å². The van der Waals surface area contributed by atoms with Crippen LogP contribution in [0.1, 0.15) is 11.6 Å². The van der Waals surface area contributed by atoms with Gasteiger partial charge in [-0.15, -0.1) is 0 Å². The number of carboxylic acids is 1. The second kappa shape index (κ2) is 6.80. The largest absolute Gasteiger partial charge is 0.480 e. The van der Waals surface area contributed by atoms with Crippen LogP contribution in [0.4, 0.5) is 0 Å². The molecule has 0 radical (unpaired) electrons. The lowest BCUT2D eigenvalue weighted by Crippen LogP contribution is -2.20. The quantitative estimate of drug-likeness (QED) is 0.640. The zero-order valence-corrected chi connectivity index (χ0v) is 11.9. The molecular formula is C10H9Cl4NO3. The molecule has 0 aromatic heterocycles. The van der Waals surface area contributed by atoms with Crippen LogP contribution in [-0.2, 0) is 9.53 Å². The third kappa shape index (κ3) is 3.88. The Hall–Kier alpha value is -0.230. The Morgan fingerprint density at radius 2 is 1.89 bits per heavy atom. The maximum absolute atomic E-state index is 10.3. The SMILES string of the molecule is NC(COCC(=O)O)c1c(Cl)cc(Cl)c(Cl)c1Cl. The van der Waals surface area contributed by atoms with E-state index in [0.717, 1.165) is 0 Å². The number of hydrogen-bond donors (Lipinski definition) is 2. The maximum atomic E-state index is 10.3. The molecule has 0 saturated carbocycles. The minimum Gasteiger partial charge on any atom is -0.480 e. The molecule has 4 nitrogen and oxygen atoms in total. The van der Waals surface area contributed by atoms with E-state index in [9.17, 15) is 4.79 Å². The summed E-state index contributed by atoms with van der Waals surface area (Å²) < 4.78 is 4.87. The van der Waals surface area contributed by atoms with E-state index < -0.39 is 18.6 Å². The predicted octanol–water partition coefficient (Wildman–Crippen LogP) is 3.40. The van der Waals surface area contributed by atoms with Crippen LogP contribution in [0.5, 0.6) is 0 Å². The van der Waals surface area contributed by atoms with Crippen LogP contribution in [0.25, 0.3) is 0 Å². The van der Waals surface area contributed by atoms with Crippen LogP contribution < -0.4 is 5.73 Å². The lowest BCUT2D eigenvalue weighted by Gasteiger charge is -2.16. The van der Waals surface area contributed by atoms with Crippen molar-refractivity contribution in [3.05, 3.63) is 31.7 Å². The molecule has 0 aliphatic rings. The molecule has 1 unspecified atom stereocenters. The van der Waals surface area contributed by atoms with Gasteiger partial charge in [0.1, 0.15) is 6.61 Å². The lowest BCUT2D eigenvalue weighted by molar-refractivity contribution is -0.142. The summed E-state index contributed by atoms with van der Waals surface area (Å²) in [5.41, 5.74) is 6.19. The first-order valence-corrected chi connectivity index (χ1v) is 6.23. The van der Waals surface area contributed by atoms with Crippen molar-refractivity contribution >= 4 is 52.4 Å². The molecule has 1 atom stereocenters. The smallest absolute Gasteiger partial charge is 0.329 e. The van der Waals surface area contributed by atoms with E-state index in [4.69, 9.17) is 62.0 Å². The summed E-state index contributed by atoms with van der Waals surface area (Å²) in [4.78, 5) is 10.3. The van der Waals surface area contributed by atoms with Gasteiger partial charge < -0.3 is 15.6 Å². The second-order valence-electron chi connectivity index (χ2n) is 3.40. The van der Waals surface area contributed by atoms with Crippen molar-refractivity contribution in [2.75, 3.05) is 13.2 Å². The van der Waals surface area contributed by atoms with Crippen LogP contribution in [0, 0.1) is 0 Å². The third-order valence-corrected chi connectivity index (χ3v) is 3.63. The van der Waals surface area contributed by atoms with Gasteiger partial charge in [-0.2, -0.15) is 0 Å². The molecule has 18 heavy (non-hydrogen) atoms. The number of benzene rings is 1. The molecule has 3 N–H and O–H groups in total.